The third-order valence-corrected chi connectivity index (χ3v) is 4.57. The molecule has 0 bridgehead atoms. The summed E-state index contributed by atoms with van der Waals surface area (Å²) in [5, 5.41) is 0. The Labute approximate surface area is 129 Å². The number of nitrogens with two attached hydrogens (primary N) is 1. The van der Waals surface area contributed by atoms with Crippen LogP contribution in [0.3, 0.4) is 0 Å². The normalized spacial score (nSPS) is 22.5. The lowest BCUT2D eigenvalue weighted by atomic mass is 9.83. The Kier molecular flexibility index (Phi) is 6.52. The lowest BCUT2D eigenvalue weighted by Gasteiger charge is -2.37. The van der Waals surface area contributed by atoms with Crippen molar-refractivity contribution in [3.05, 3.63) is 29.8 Å². The lowest BCUT2D eigenvalue weighted by molar-refractivity contribution is 0.127. The van der Waals surface area contributed by atoms with Gasteiger partial charge in [-0.25, -0.2) is 0 Å². The number of nitrogens with zero attached hydrogens (tertiary/aromatic N) is 1. The van der Waals surface area contributed by atoms with Crippen molar-refractivity contribution in [2.45, 2.75) is 51.6 Å². The molecule has 0 aromatic heterocycles. The molecule has 118 valence electrons. The molecule has 1 aromatic rings. The summed E-state index contributed by atoms with van der Waals surface area (Å²) in [5.41, 5.74) is 7.30. The smallest absolute Gasteiger partial charge is 0.119 e. The van der Waals surface area contributed by atoms with Gasteiger partial charge in [0.25, 0.3) is 0 Å². The molecule has 21 heavy (non-hydrogen) atoms. The van der Waals surface area contributed by atoms with E-state index in [9.17, 15) is 0 Å². The highest BCUT2D eigenvalue weighted by Gasteiger charge is 2.27. The topological polar surface area (TPSA) is 38.5 Å². The van der Waals surface area contributed by atoms with Crippen LogP contribution in [0.15, 0.2) is 24.3 Å². The third kappa shape index (κ3) is 4.72. The van der Waals surface area contributed by atoms with Crippen LogP contribution in [0.25, 0.3) is 0 Å². The Morgan fingerprint density at radius 2 is 1.90 bits per heavy atom. The number of hydrogen-bond donors (Lipinski definition) is 1. The number of benzene rings is 1. The van der Waals surface area contributed by atoms with Gasteiger partial charge in [0, 0.05) is 12.6 Å². The molecule has 1 fully saturated rings. The summed E-state index contributed by atoms with van der Waals surface area (Å²) >= 11 is 0. The van der Waals surface area contributed by atoms with Crippen molar-refractivity contribution in [2.24, 2.45) is 11.7 Å². The Morgan fingerprint density at radius 1 is 1.19 bits per heavy atom. The van der Waals surface area contributed by atoms with Crippen LogP contribution in [0.1, 0.15) is 44.6 Å². The van der Waals surface area contributed by atoms with Crippen LogP contribution in [0, 0.1) is 5.92 Å². The highest BCUT2D eigenvalue weighted by Crippen LogP contribution is 2.28. The number of rotatable bonds is 7. The molecule has 1 aliphatic carbocycles. The van der Waals surface area contributed by atoms with Crippen molar-refractivity contribution in [1.82, 2.24) is 4.90 Å². The second kappa shape index (κ2) is 8.40. The van der Waals surface area contributed by atoms with E-state index in [1.165, 1.54) is 31.2 Å². The van der Waals surface area contributed by atoms with Crippen LogP contribution in [0.2, 0.25) is 0 Å². The molecule has 0 radical (unpaired) electrons. The minimum Gasteiger partial charge on any atom is -0.494 e. The van der Waals surface area contributed by atoms with E-state index in [0.29, 0.717) is 12.0 Å². The minimum absolute atomic E-state index is 0.639. The zero-order valence-corrected chi connectivity index (χ0v) is 13.6. The number of hydrogen-bond acceptors (Lipinski definition) is 3. The van der Waals surface area contributed by atoms with Gasteiger partial charge in [-0.1, -0.05) is 31.9 Å². The monoisotopic (exact) mass is 290 g/mol. The molecule has 0 heterocycles. The predicted molar refractivity (Wildman–Crippen MR) is 88.5 cm³/mol. The standard InChI is InChI=1S/C18H30N2O/c1-3-12-21-17-10-8-15(9-11-17)14-20(2)18-7-5-4-6-16(18)13-19/h8-11,16,18H,3-7,12-14,19H2,1-2H3. The van der Waals surface area contributed by atoms with Crippen LogP contribution in [0.4, 0.5) is 0 Å². The van der Waals surface area contributed by atoms with Crippen molar-refractivity contribution < 1.29 is 4.74 Å². The third-order valence-electron chi connectivity index (χ3n) is 4.57. The molecule has 1 saturated carbocycles. The first-order valence-corrected chi connectivity index (χ1v) is 8.36. The Balaban J connectivity index is 1.90. The van der Waals surface area contributed by atoms with Crippen molar-refractivity contribution >= 4 is 0 Å². The second-order valence-corrected chi connectivity index (χ2v) is 6.26. The Morgan fingerprint density at radius 3 is 2.57 bits per heavy atom. The van der Waals surface area contributed by atoms with Crippen LogP contribution in [-0.4, -0.2) is 31.1 Å². The molecule has 0 saturated heterocycles. The summed E-state index contributed by atoms with van der Waals surface area (Å²) in [6.45, 7) is 4.73. The van der Waals surface area contributed by atoms with Crippen LogP contribution >= 0.6 is 0 Å². The maximum Gasteiger partial charge on any atom is 0.119 e. The average molecular weight is 290 g/mol. The van der Waals surface area contributed by atoms with E-state index >= 15 is 0 Å². The molecule has 2 rings (SSSR count). The zero-order valence-electron chi connectivity index (χ0n) is 13.6. The highest BCUT2D eigenvalue weighted by molar-refractivity contribution is 5.27. The minimum atomic E-state index is 0.639. The Bertz CT molecular complexity index is 404. The number of ether oxygens (including phenoxy) is 1. The van der Waals surface area contributed by atoms with Gasteiger partial charge in [0.2, 0.25) is 0 Å². The SMILES string of the molecule is CCCOc1ccc(CN(C)C2CCCCC2CN)cc1. The van der Waals surface area contributed by atoms with Crippen LogP contribution in [0.5, 0.6) is 5.75 Å². The van der Waals surface area contributed by atoms with E-state index in [4.69, 9.17) is 10.5 Å². The second-order valence-electron chi connectivity index (χ2n) is 6.26. The maximum absolute atomic E-state index is 5.95. The van der Waals surface area contributed by atoms with E-state index in [1.54, 1.807) is 0 Å². The van der Waals surface area contributed by atoms with Crippen molar-refractivity contribution in [2.75, 3.05) is 20.2 Å². The van der Waals surface area contributed by atoms with Gasteiger partial charge in [-0.3, -0.25) is 4.90 Å². The van der Waals surface area contributed by atoms with E-state index in [2.05, 4.69) is 43.1 Å². The van der Waals surface area contributed by atoms with Gasteiger partial charge in [-0.2, -0.15) is 0 Å². The fourth-order valence-corrected chi connectivity index (χ4v) is 3.36. The summed E-state index contributed by atoms with van der Waals surface area (Å²) in [6, 6.07) is 9.17. The molecule has 0 spiro atoms. The summed E-state index contributed by atoms with van der Waals surface area (Å²) in [4.78, 5) is 2.48. The van der Waals surface area contributed by atoms with Gasteiger partial charge in [0.15, 0.2) is 0 Å². The molecule has 2 N–H and O–H groups in total. The summed E-state index contributed by atoms with van der Waals surface area (Å²) < 4.78 is 5.64. The first-order valence-electron chi connectivity index (χ1n) is 8.36. The van der Waals surface area contributed by atoms with E-state index in [0.717, 1.165) is 31.9 Å². The van der Waals surface area contributed by atoms with E-state index in [-0.39, 0.29) is 0 Å². The van der Waals surface area contributed by atoms with Gasteiger partial charge in [0.1, 0.15) is 5.75 Å². The van der Waals surface area contributed by atoms with Gasteiger partial charge in [-0.15, -0.1) is 0 Å². The lowest BCUT2D eigenvalue weighted by Crippen LogP contribution is -2.42. The molecule has 1 aliphatic rings. The molecule has 0 aliphatic heterocycles. The van der Waals surface area contributed by atoms with Crippen molar-refractivity contribution in [3.63, 3.8) is 0 Å². The summed E-state index contributed by atoms with van der Waals surface area (Å²) in [5.74, 6) is 1.64. The summed E-state index contributed by atoms with van der Waals surface area (Å²) in [6.07, 6.45) is 6.31. The highest BCUT2D eigenvalue weighted by atomic mass is 16.5. The van der Waals surface area contributed by atoms with Gasteiger partial charge >= 0.3 is 0 Å². The quantitative estimate of drug-likeness (QED) is 0.836. The summed E-state index contributed by atoms with van der Waals surface area (Å²) in [7, 11) is 2.24. The molecular formula is C18H30N2O. The zero-order chi connectivity index (χ0) is 15.1. The maximum atomic E-state index is 5.95. The molecule has 2 atom stereocenters. The van der Waals surface area contributed by atoms with E-state index < -0.39 is 0 Å². The van der Waals surface area contributed by atoms with Gasteiger partial charge in [0.05, 0.1) is 6.61 Å². The van der Waals surface area contributed by atoms with Gasteiger partial charge < -0.3 is 10.5 Å². The van der Waals surface area contributed by atoms with Crippen molar-refractivity contribution in [1.29, 1.82) is 0 Å². The molecule has 1 aromatic carbocycles. The fourth-order valence-electron chi connectivity index (χ4n) is 3.36. The van der Waals surface area contributed by atoms with E-state index in [1.807, 2.05) is 0 Å². The van der Waals surface area contributed by atoms with Gasteiger partial charge in [-0.05, 0) is 56.5 Å². The largest absolute Gasteiger partial charge is 0.494 e. The van der Waals surface area contributed by atoms with Crippen molar-refractivity contribution in [3.8, 4) is 5.75 Å². The van der Waals surface area contributed by atoms with Crippen LogP contribution in [-0.2, 0) is 6.54 Å². The molecule has 0 amide bonds. The fraction of sp³-hybridized carbons (Fsp3) is 0.667. The molecule has 2 unspecified atom stereocenters. The Hall–Kier alpha value is -1.06. The molecule has 3 heteroatoms. The first-order chi connectivity index (χ1) is 10.2. The average Bonchev–Trinajstić information content (AvgIpc) is 2.54. The van der Waals surface area contributed by atoms with Crippen LogP contribution < -0.4 is 10.5 Å². The molecule has 3 nitrogen and oxygen atoms in total. The first kappa shape index (κ1) is 16.3. The predicted octanol–water partition coefficient (Wildman–Crippen LogP) is 3.42. The molecular weight excluding hydrogens is 260 g/mol.